The Bertz CT molecular complexity index is 1000. The number of fused-ring (bicyclic) bond motifs is 1. The lowest BCUT2D eigenvalue weighted by Gasteiger charge is -2.22. The zero-order valence-electron chi connectivity index (χ0n) is 16.2. The molecule has 0 amide bonds. The molecule has 1 aromatic heterocycles. The third-order valence-electron chi connectivity index (χ3n) is 4.72. The van der Waals surface area contributed by atoms with Crippen LogP contribution in [0.15, 0.2) is 18.3 Å². The molecule has 1 saturated carbocycles. The zero-order valence-corrected chi connectivity index (χ0v) is 17.0. The predicted octanol–water partition coefficient (Wildman–Crippen LogP) is 4.82. The van der Waals surface area contributed by atoms with E-state index in [0.717, 1.165) is 6.07 Å². The van der Waals surface area contributed by atoms with E-state index in [1.54, 1.807) is 11.5 Å². The second kappa shape index (κ2) is 6.73. The summed E-state index contributed by atoms with van der Waals surface area (Å²) in [4.78, 5) is 0. The molecule has 0 aliphatic heterocycles. The van der Waals surface area contributed by atoms with Gasteiger partial charge in [-0.3, -0.25) is 0 Å². The number of nitrogens with zero attached hydrogens (tertiary/aromatic N) is 1. The minimum absolute atomic E-state index is 0.0631. The fraction of sp³-hybridized carbons (Fsp3) is 0.579. The van der Waals surface area contributed by atoms with Gasteiger partial charge in [0.25, 0.3) is 0 Å². The van der Waals surface area contributed by atoms with Crippen LogP contribution in [0.1, 0.15) is 50.8 Å². The molecule has 3 rings (SSSR count). The molecule has 0 bridgehead atoms. The fourth-order valence-electron chi connectivity index (χ4n) is 3.26. The molecular formula is C19H24F4N2O2S. The average molecular weight is 420 g/mol. The van der Waals surface area contributed by atoms with Gasteiger partial charge in [-0.1, -0.05) is 20.8 Å². The Kier molecular flexibility index (Phi) is 5.07. The molecule has 1 aliphatic rings. The number of hydrogen-bond donors (Lipinski definition) is 1. The Balaban J connectivity index is 2.19. The normalized spacial score (nSPS) is 17.3. The van der Waals surface area contributed by atoms with Crippen molar-refractivity contribution < 1.29 is 26.0 Å². The highest BCUT2D eigenvalue weighted by Crippen LogP contribution is 2.40. The Hall–Kier alpha value is -1.61. The fourth-order valence-corrected chi connectivity index (χ4v) is 4.80. The monoisotopic (exact) mass is 420 g/mol. The first kappa shape index (κ1) is 21.1. The van der Waals surface area contributed by atoms with Gasteiger partial charge in [-0.15, -0.1) is 0 Å². The molecule has 1 aromatic carbocycles. The Morgan fingerprint density at radius 3 is 2.32 bits per heavy atom. The Labute approximate surface area is 162 Å². The van der Waals surface area contributed by atoms with E-state index in [1.165, 1.54) is 12.3 Å². The van der Waals surface area contributed by atoms with E-state index in [-0.39, 0.29) is 16.4 Å². The molecule has 1 aliphatic carbocycles. The molecule has 0 radical (unpaired) electrons. The van der Waals surface area contributed by atoms with Gasteiger partial charge in [0.15, 0.2) is 0 Å². The number of aryl methyl sites for hydroxylation is 1. The molecule has 1 unspecified atom stereocenters. The van der Waals surface area contributed by atoms with Gasteiger partial charge in [0, 0.05) is 29.2 Å². The van der Waals surface area contributed by atoms with Gasteiger partial charge in [-0.25, -0.2) is 12.8 Å². The van der Waals surface area contributed by atoms with Gasteiger partial charge in [-0.05, 0) is 42.9 Å². The lowest BCUT2D eigenvalue weighted by Crippen LogP contribution is -2.39. The van der Waals surface area contributed by atoms with Crippen molar-refractivity contribution in [2.75, 3.05) is 0 Å². The smallest absolute Gasteiger partial charge is 0.347 e. The van der Waals surface area contributed by atoms with E-state index >= 15 is 0 Å². The minimum Gasteiger partial charge on any atom is -0.347 e. The average Bonchev–Trinajstić information content (AvgIpc) is 3.31. The van der Waals surface area contributed by atoms with Crippen LogP contribution in [0.2, 0.25) is 0 Å². The van der Waals surface area contributed by atoms with Crippen LogP contribution in [0.4, 0.5) is 17.6 Å². The Morgan fingerprint density at radius 2 is 1.82 bits per heavy atom. The number of alkyl halides is 3. The summed E-state index contributed by atoms with van der Waals surface area (Å²) in [5, 5.41) is -0.729. The molecule has 1 fully saturated rings. The lowest BCUT2D eigenvalue weighted by atomic mass is 9.97. The number of hydrogen-bond acceptors (Lipinski definition) is 2. The molecule has 0 spiro atoms. The quantitative estimate of drug-likeness (QED) is 0.705. The SMILES string of the molecule is Cc1cc2c(cc1F)c(C(NS(=O)(=O)C1CC1)C(F)(F)F)cn2CC(C)(C)C. The first-order valence-corrected chi connectivity index (χ1v) is 10.6. The van der Waals surface area contributed by atoms with E-state index in [1.807, 2.05) is 25.5 Å². The van der Waals surface area contributed by atoms with Crippen LogP contribution in [0, 0.1) is 18.2 Å². The van der Waals surface area contributed by atoms with Gasteiger partial charge in [0.2, 0.25) is 10.0 Å². The molecule has 28 heavy (non-hydrogen) atoms. The summed E-state index contributed by atoms with van der Waals surface area (Å²) < 4.78 is 83.6. The molecule has 1 N–H and O–H groups in total. The van der Waals surface area contributed by atoms with Gasteiger partial charge >= 0.3 is 6.18 Å². The summed E-state index contributed by atoms with van der Waals surface area (Å²) in [6, 6.07) is 0.135. The summed E-state index contributed by atoms with van der Waals surface area (Å²) in [5.74, 6) is -0.631. The molecule has 9 heteroatoms. The third-order valence-corrected chi connectivity index (χ3v) is 6.63. The maximum Gasteiger partial charge on any atom is 0.408 e. The van der Waals surface area contributed by atoms with Crippen molar-refractivity contribution in [2.45, 2.75) is 64.5 Å². The van der Waals surface area contributed by atoms with Crippen molar-refractivity contribution in [1.29, 1.82) is 0 Å². The van der Waals surface area contributed by atoms with Crippen molar-refractivity contribution in [3.63, 3.8) is 0 Å². The molecular weight excluding hydrogens is 396 g/mol. The number of rotatable bonds is 5. The van der Waals surface area contributed by atoms with Gasteiger partial charge in [0.1, 0.15) is 11.9 Å². The molecule has 156 valence electrons. The second-order valence-corrected chi connectivity index (χ2v) is 10.7. The van der Waals surface area contributed by atoms with Gasteiger partial charge < -0.3 is 4.57 Å². The minimum atomic E-state index is -4.86. The van der Waals surface area contributed by atoms with Gasteiger partial charge in [-0.2, -0.15) is 17.9 Å². The van der Waals surface area contributed by atoms with Crippen molar-refractivity contribution in [2.24, 2.45) is 5.41 Å². The molecule has 4 nitrogen and oxygen atoms in total. The van der Waals surface area contributed by atoms with E-state index in [0.29, 0.717) is 30.5 Å². The van der Waals surface area contributed by atoms with Crippen LogP contribution in [-0.4, -0.2) is 24.4 Å². The summed E-state index contributed by atoms with van der Waals surface area (Å²) in [5.41, 5.74) is 0.236. The van der Waals surface area contributed by atoms with Crippen molar-refractivity contribution in [3.8, 4) is 0 Å². The standard InChI is InChI=1S/C19H24F4N2O2S/c1-11-7-16-13(8-15(11)20)14(9-25(16)10-18(2,3)4)17(19(21,22)23)24-28(26,27)12-5-6-12/h7-9,12,17,24H,5-6,10H2,1-4H3. The summed E-state index contributed by atoms with van der Waals surface area (Å²) in [7, 11) is -4.10. The molecule has 2 aromatic rings. The highest BCUT2D eigenvalue weighted by molar-refractivity contribution is 7.90. The summed E-state index contributed by atoms with van der Waals surface area (Å²) in [6.07, 6.45) is -2.87. The maximum atomic E-state index is 14.2. The first-order valence-electron chi connectivity index (χ1n) is 9.06. The van der Waals surface area contributed by atoms with E-state index in [9.17, 15) is 26.0 Å². The molecule has 0 saturated heterocycles. The third kappa shape index (κ3) is 4.35. The first-order chi connectivity index (χ1) is 12.7. The second-order valence-electron chi connectivity index (χ2n) is 8.73. The summed E-state index contributed by atoms with van der Waals surface area (Å²) >= 11 is 0. The zero-order chi connectivity index (χ0) is 21.1. The van der Waals surface area contributed by atoms with Crippen LogP contribution in [0.5, 0.6) is 0 Å². The summed E-state index contributed by atoms with van der Waals surface area (Å²) in [6.45, 7) is 7.75. The number of aromatic nitrogens is 1. The van der Waals surface area contributed by atoms with E-state index in [2.05, 4.69) is 0 Å². The van der Waals surface area contributed by atoms with E-state index in [4.69, 9.17) is 0 Å². The van der Waals surface area contributed by atoms with Crippen molar-refractivity contribution >= 4 is 20.9 Å². The van der Waals surface area contributed by atoms with Crippen molar-refractivity contribution in [3.05, 3.63) is 35.3 Å². The maximum absolute atomic E-state index is 14.2. The van der Waals surface area contributed by atoms with Crippen LogP contribution in [-0.2, 0) is 16.6 Å². The topological polar surface area (TPSA) is 51.1 Å². The van der Waals surface area contributed by atoms with Crippen LogP contribution in [0.25, 0.3) is 10.9 Å². The number of benzene rings is 1. The number of halogens is 4. The number of nitrogens with one attached hydrogen (secondary N) is 1. The van der Waals surface area contributed by atoms with Crippen LogP contribution < -0.4 is 4.72 Å². The highest BCUT2D eigenvalue weighted by atomic mass is 32.2. The predicted molar refractivity (Wildman–Crippen MR) is 100.0 cm³/mol. The Morgan fingerprint density at radius 1 is 1.21 bits per heavy atom. The molecule has 1 heterocycles. The lowest BCUT2D eigenvalue weighted by molar-refractivity contribution is -0.152. The van der Waals surface area contributed by atoms with Crippen molar-refractivity contribution in [1.82, 2.24) is 9.29 Å². The molecule has 1 atom stereocenters. The van der Waals surface area contributed by atoms with Crippen LogP contribution >= 0.6 is 0 Å². The highest BCUT2D eigenvalue weighted by Gasteiger charge is 2.47. The number of sulfonamides is 1. The van der Waals surface area contributed by atoms with E-state index < -0.39 is 33.3 Å². The van der Waals surface area contributed by atoms with Crippen LogP contribution in [0.3, 0.4) is 0 Å². The largest absolute Gasteiger partial charge is 0.408 e. The van der Waals surface area contributed by atoms with Gasteiger partial charge in [0.05, 0.1) is 5.25 Å².